The minimum Gasteiger partial charge on any atom is -0.444 e. The SMILES string of the molecule is CCCCCCCCCCCCCCCCCCOCCOCCOCCOCCOCCOCCOCCOCCOCCOCCOCCOCCOCCN(C)C(=O)OC(C)(C)C. The van der Waals surface area contributed by atoms with Crippen LogP contribution in [0, 0.1) is 0 Å². The topological polar surface area (TPSA) is 150 Å². The quantitative estimate of drug-likeness (QED) is 0.0538. The third-order valence-corrected chi connectivity index (χ3v) is 9.88. The van der Waals surface area contributed by atoms with Crippen molar-refractivity contribution in [2.45, 2.75) is 136 Å². The summed E-state index contributed by atoms with van der Waals surface area (Å²) in [7, 11) is 1.68. The summed E-state index contributed by atoms with van der Waals surface area (Å²) in [5.74, 6) is 0. The highest BCUT2D eigenvalue weighted by molar-refractivity contribution is 5.67. The first-order valence-electron chi connectivity index (χ1n) is 25.8. The van der Waals surface area contributed by atoms with Gasteiger partial charge >= 0.3 is 6.09 Å². The molecule has 0 aliphatic heterocycles. The van der Waals surface area contributed by atoms with Gasteiger partial charge in [0, 0.05) is 20.2 Å². The fourth-order valence-corrected chi connectivity index (χ4v) is 6.13. The molecule has 0 saturated carbocycles. The molecule has 0 heterocycles. The maximum Gasteiger partial charge on any atom is 0.410 e. The van der Waals surface area contributed by atoms with Crippen LogP contribution in [0.3, 0.4) is 0 Å². The molecule has 0 radical (unpaired) electrons. The Hall–Kier alpha value is -1.25. The van der Waals surface area contributed by atoms with Gasteiger partial charge in [-0.05, 0) is 27.2 Å². The summed E-state index contributed by atoms with van der Waals surface area (Å²) in [6, 6.07) is 0. The van der Waals surface area contributed by atoms with Crippen LogP contribution in [0.25, 0.3) is 0 Å². The Bertz CT molecular complexity index is 933. The zero-order valence-corrected chi connectivity index (χ0v) is 43.0. The molecule has 396 valence electrons. The van der Waals surface area contributed by atoms with E-state index < -0.39 is 5.60 Å². The fraction of sp³-hybridized carbons (Fsp3) is 0.980. The van der Waals surface area contributed by atoms with Crippen molar-refractivity contribution in [1.82, 2.24) is 4.90 Å². The molecule has 0 aliphatic rings. The fourth-order valence-electron chi connectivity index (χ4n) is 6.13. The molecule has 0 aromatic carbocycles. The van der Waals surface area contributed by atoms with E-state index in [4.69, 9.17) is 66.3 Å². The average molecular weight is 956 g/mol. The van der Waals surface area contributed by atoms with Gasteiger partial charge in [-0.3, -0.25) is 0 Å². The third kappa shape index (κ3) is 57.1. The van der Waals surface area contributed by atoms with Gasteiger partial charge in [-0.2, -0.15) is 0 Å². The lowest BCUT2D eigenvalue weighted by atomic mass is 10.0. The van der Waals surface area contributed by atoms with E-state index >= 15 is 0 Å². The molecule has 0 spiro atoms. The summed E-state index contributed by atoms with van der Waals surface area (Å²) < 4.78 is 77.3. The van der Waals surface area contributed by atoms with Crippen LogP contribution in [0.15, 0.2) is 0 Å². The summed E-state index contributed by atoms with van der Waals surface area (Å²) in [6.07, 6.45) is 21.8. The molecular weight excluding hydrogens is 855 g/mol. The van der Waals surface area contributed by atoms with Crippen LogP contribution < -0.4 is 0 Å². The van der Waals surface area contributed by atoms with E-state index in [0.717, 1.165) is 13.0 Å². The Kier molecular flexibility index (Phi) is 53.7. The summed E-state index contributed by atoms with van der Waals surface area (Å²) in [5.41, 5.74) is -0.512. The average Bonchev–Trinajstić information content (AvgIpc) is 3.29. The van der Waals surface area contributed by atoms with Crippen LogP contribution in [0.5, 0.6) is 0 Å². The zero-order valence-electron chi connectivity index (χ0n) is 43.0. The van der Waals surface area contributed by atoms with Crippen molar-refractivity contribution in [3.63, 3.8) is 0 Å². The Morgan fingerprint density at radius 2 is 0.500 bits per heavy atom. The highest BCUT2D eigenvalue weighted by atomic mass is 16.6. The largest absolute Gasteiger partial charge is 0.444 e. The first kappa shape index (κ1) is 64.8. The van der Waals surface area contributed by atoms with E-state index in [1.54, 1.807) is 7.05 Å². The second kappa shape index (κ2) is 54.7. The minimum atomic E-state index is -0.512. The Morgan fingerprint density at radius 3 is 0.727 bits per heavy atom. The van der Waals surface area contributed by atoms with Gasteiger partial charge in [-0.15, -0.1) is 0 Å². The normalized spacial score (nSPS) is 11.8. The number of hydrogen-bond acceptors (Lipinski definition) is 15. The van der Waals surface area contributed by atoms with Crippen molar-refractivity contribution in [1.29, 1.82) is 0 Å². The Labute approximate surface area is 402 Å². The van der Waals surface area contributed by atoms with Crippen molar-refractivity contribution in [3.05, 3.63) is 0 Å². The van der Waals surface area contributed by atoms with Crippen molar-refractivity contribution < 1.29 is 71.1 Å². The molecule has 66 heavy (non-hydrogen) atoms. The van der Waals surface area contributed by atoms with Crippen molar-refractivity contribution in [2.24, 2.45) is 0 Å². The van der Waals surface area contributed by atoms with Crippen LogP contribution in [0.4, 0.5) is 4.79 Å². The lowest BCUT2D eigenvalue weighted by Crippen LogP contribution is -2.36. The van der Waals surface area contributed by atoms with Crippen LogP contribution in [-0.2, 0) is 66.3 Å². The number of nitrogens with zero attached hydrogens (tertiary/aromatic N) is 1. The molecule has 0 aromatic rings. The highest BCUT2D eigenvalue weighted by Crippen LogP contribution is 2.14. The number of amides is 1. The Morgan fingerprint density at radius 1 is 0.303 bits per heavy atom. The molecule has 0 fully saturated rings. The molecule has 1 amide bonds. The van der Waals surface area contributed by atoms with Crippen molar-refractivity contribution in [3.8, 4) is 0 Å². The van der Waals surface area contributed by atoms with Crippen LogP contribution >= 0.6 is 0 Å². The molecule has 0 unspecified atom stereocenters. The number of carbonyl (C=O) groups excluding carboxylic acids is 1. The van der Waals surface area contributed by atoms with Crippen LogP contribution in [-0.4, -0.2) is 202 Å². The molecule has 16 nitrogen and oxygen atoms in total. The van der Waals surface area contributed by atoms with Crippen molar-refractivity contribution >= 4 is 6.09 Å². The zero-order chi connectivity index (χ0) is 48.0. The predicted molar refractivity (Wildman–Crippen MR) is 259 cm³/mol. The van der Waals surface area contributed by atoms with E-state index in [9.17, 15) is 4.79 Å². The van der Waals surface area contributed by atoms with E-state index in [1.165, 1.54) is 101 Å². The number of hydrogen-bond donors (Lipinski definition) is 0. The lowest BCUT2D eigenvalue weighted by Gasteiger charge is -2.24. The first-order chi connectivity index (χ1) is 32.4. The number of carbonyl (C=O) groups is 1. The number of ether oxygens (including phenoxy) is 14. The molecule has 0 N–H and O–H groups in total. The van der Waals surface area contributed by atoms with Crippen molar-refractivity contribution in [2.75, 3.05) is 185 Å². The van der Waals surface area contributed by atoms with E-state index in [-0.39, 0.29) is 6.09 Å². The molecule has 16 heteroatoms. The molecule has 0 bridgehead atoms. The second-order valence-electron chi connectivity index (χ2n) is 17.2. The van der Waals surface area contributed by atoms with E-state index in [2.05, 4.69) is 6.92 Å². The second-order valence-corrected chi connectivity index (χ2v) is 17.2. The lowest BCUT2D eigenvalue weighted by molar-refractivity contribution is -0.0291. The maximum atomic E-state index is 11.9. The molecule has 0 saturated heterocycles. The summed E-state index contributed by atoms with van der Waals surface area (Å²) in [6.45, 7) is 21.8. The van der Waals surface area contributed by atoms with E-state index in [1.807, 2.05) is 20.8 Å². The van der Waals surface area contributed by atoms with Gasteiger partial charge in [0.05, 0.1) is 165 Å². The minimum absolute atomic E-state index is 0.364. The molecule has 0 aliphatic carbocycles. The predicted octanol–water partition coefficient (Wildman–Crippen LogP) is 8.33. The van der Waals surface area contributed by atoms with Gasteiger partial charge in [0.15, 0.2) is 0 Å². The van der Waals surface area contributed by atoms with Gasteiger partial charge in [-0.1, -0.05) is 103 Å². The van der Waals surface area contributed by atoms with Crippen LogP contribution in [0.2, 0.25) is 0 Å². The smallest absolute Gasteiger partial charge is 0.410 e. The molecule has 0 atom stereocenters. The summed E-state index contributed by atoms with van der Waals surface area (Å²) >= 11 is 0. The van der Waals surface area contributed by atoms with Gasteiger partial charge < -0.3 is 71.2 Å². The Balaban J connectivity index is 3.11. The van der Waals surface area contributed by atoms with Gasteiger partial charge in [0.2, 0.25) is 0 Å². The number of rotatable bonds is 56. The molecule has 0 aromatic heterocycles. The first-order valence-corrected chi connectivity index (χ1v) is 25.8. The highest BCUT2D eigenvalue weighted by Gasteiger charge is 2.19. The van der Waals surface area contributed by atoms with Crippen LogP contribution in [0.1, 0.15) is 130 Å². The summed E-state index contributed by atoms with van der Waals surface area (Å²) in [5, 5.41) is 0. The number of unbranched alkanes of at least 4 members (excludes halogenated alkanes) is 15. The van der Waals surface area contributed by atoms with Gasteiger partial charge in [0.1, 0.15) is 5.60 Å². The summed E-state index contributed by atoms with van der Waals surface area (Å²) in [4.78, 5) is 13.4. The van der Waals surface area contributed by atoms with Gasteiger partial charge in [0.25, 0.3) is 0 Å². The van der Waals surface area contributed by atoms with E-state index in [0.29, 0.717) is 172 Å². The monoisotopic (exact) mass is 956 g/mol. The standard InChI is InChI=1S/C50H101NO15/c1-6-7-8-9-10-11-12-13-14-15-16-17-18-19-20-21-23-53-25-27-55-29-31-57-33-35-59-37-39-61-41-43-63-45-47-65-48-46-64-44-42-62-40-38-60-36-34-58-32-30-56-28-26-54-24-22-51(5)49(52)66-50(2,3)4/h6-48H2,1-5H3. The maximum absolute atomic E-state index is 11.9. The molecule has 0 rings (SSSR count). The van der Waals surface area contributed by atoms with Gasteiger partial charge in [-0.25, -0.2) is 4.79 Å². The number of likely N-dealkylation sites (N-methyl/N-ethyl adjacent to an activating group) is 1. The molecular formula is C50H101NO15. The third-order valence-electron chi connectivity index (χ3n) is 9.88.